The number of rotatable bonds is 9. The van der Waals surface area contributed by atoms with Crippen molar-refractivity contribution in [2.24, 2.45) is 5.73 Å². The van der Waals surface area contributed by atoms with Crippen molar-refractivity contribution >= 4 is 12.0 Å². The molecule has 118 valence electrons. The zero-order valence-corrected chi connectivity index (χ0v) is 12.4. The molecule has 0 heterocycles. The first-order valence-electron chi connectivity index (χ1n) is 6.63. The van der Waals surface area contributed by atoms with Gasteiger partial charge in [-0.25, -0.2) is 4.79 Å². The van der Waals surface area contributed by atoms with Crippen LogP contribution in [0.3, 0.4) is 0 Å². The fourth-order valence-corrected chi connectivity index (χ4v) is 1.36. The molecule has 0 unspecified atom stereocenters. The summed E-state index contributed by atoms with van der Waals surface area (Å²) in [7, 11) is 1.56. The van der Waals surface area contributed by atoms with Crippen molar-refractivity contribution in [3.05, 3.63) is 11.8 Å². The van der Waals surface area contributed by atoms with E-state index in [-0.39, 0.29) is 25.3 Å². The van der Waals surface area contributed by atoms with Gasteiger partial charge in [0.2, 0.25) is 0 Å². The smallest absolute Gasteiger partial charge is 0.413 e. The quantitative estimate of drug-likeness (QED) is 0.350. The van der Waals surface area contributed by atoms with Crippen LogP contribution in [0.1, 0.15) is 13.3 Å². The van der Waals surface area contributed by atoms with Crippen LogP contribution in [0.4, 0.5) is 4.79 Å². The van der Waals surface area contributed by atoms with E-state index < -0.39 is 12.0 Å². The van der Waals surface area contributed by atoms with Crippen molar-refractivity contribution in [2.45, 2.75) is 13.3 Å². The lowest BCUT2D eigenvalue weighted by Crippen LogP contribution is -2.34. The molecule has 0 spiro atoms. The predicted molar refractivity (Wildman–Crippen MR) is 76.0 cm³/mol. The maximum absolute atomic E-state index is 11.8. The first-order valence-corrected chi connectivity index (χ1v) is 6.63. The molecule has 0 radical (unpaired) electrons. The summed E-state index contributed by atoms with van der Waals surface area (Å²) >= 11 is 0. The fourth-order valence-electron chi connectivity index (χ4n) is 1.36. The number of nitriles is 1. The summed E-state index contributed by atoms with van der Waals surface area (Å²) in [4.78, 5) is 24.6. The largest absolute Gasteiger partial charge is 0.449 e. The molecule has 0 atom stereocenters. The van der Waals surface area contributed by atoms with Crippen LogP contribution in [0, 0.1) is 11.3 Å². The molecule has 0 aromatic carbocycles. The second-order valence-corrected chi connectivity index (χ2v) is 3.94. The molecular formula is C13H22N4O4. The zero-order chi connectivity index (χ0) is 16.1. The molecule has 0 saturated carbocycles. The van der Waals surface area contributed by atoms with Gasteiger partial charge < -0.3 is 20.5 Å². The number of hydrogen-bond donors (Lipinski definition) is 2. The van der Waals surface area contributed by atoms with E-state index in [1.54, 1.807) is 20.1 Å². The van der Waals surface area contributed by atoms with E-state index in [1.807, 2.05) is 0 Å². The van der Waals surface area contributed by atoms with Gasteiger partial charge in [-0.3, -0.25) is 9.69 Å². The van der Waals surface area contributed by atoms with E-state index in [4.69, 9.17) is 20.5 Å². The third-order valence-electron chi connectivity index (χ3n) is 2.33. The Labute approximate surface area is 124 Å². The van der Waals surface area contributed by atoms with Gasteiger partial charge in [0.15, 0.2) is 0 Å². The number of carbonyl (C=O) groups is 2. The topological polar surface area (TPSA) is 118 Å². The van der Waals surface area contributed by atoms with Crippen LogP contribution in [-0.2, 0) is 14.3 Å². The molecule has 3 N–H and O–H groups in total. The molecule has 0 aliphatic rings. The minimum Gasteiger partial charge on any atom is -0.449 e. The molecule has 21 heavy (non-hydrogen) atoms. The Hall–Kier alpha value is -2.11. The average molecular weight is 298 g/mol. The summed E-state index contributed by atoms with van der Waals surface area (Å²) in [6.07, 6.45) is 1.13. The van der Waals surface area contributed by atoms with E-state index in [9.17, 15) is 9.59 Å². The van der Waals surface area contributed by atoms with E-state index in [0.717, 1.165) is 11.1 Å². The molecule has 0 rings (SSSR count). The van der Waals surface area contributed by atoms with Crippen LogP contribution in [-0.4, -0.2) is 56.9 Å². The Morgan fingerprint density at radius 2 is 2.19 bits per heavy atom. The summed E-state index contributed by atoms with van der Waals surface area (Å²) < 4.78 is 9.68. The highest BCUT2D eigenvalue weighted by Crippen LogP contribution is 2.01. The minimum absolute atomic E-state index is 0.154. The fraction of sp³-hybridized carbons (Fsp3) is 0.615. The Bertz CT molecular complexity index is 403. The average Bonchev–Trinajstić information content (AvgIpc) is 2.47. The zero-order valence-electron chi connectivity index (χ0n) is 12.4. The van der Waals surface area contributed by atoms with Crippen LogP contribution in [0.5, 0.6) is 0 Å². The van der Waals surface area contributed by atoms with Gasteiger partial charge in [-0.05, 0) is 13.3 Å². The predicted octanol–water partition coefficient (Wildman–Crippen LogP) is -0.0362. The number of nitrogens with one attached hydrogen (secondary N) is 1. The van der Waals surface area contributed by atoms with Gasteiger partial charge in [0.25, 0.3) is 5.91 Å². The molecule has 8 heteroatoms. The van der Waals surface area contributed by atoms with Crippen molar-refractivity contribution in [3.63, 3.8) is 0 Å². The summed E-state index contributed by atoms with van der Waals surface area (Å²) in [5, 5.41) is 11.6. The first kappa shape index (κ1) is 18.9. The molecule has 0 saturated heterocycles. The third kappa shape index (κ3) is 7.91. The van der Waals surface area contributed by atoms with Crippen LogP contribution in [0.15, 0.2) is 11.8 Å². The number of ether oxygens (including phenoxy) is 2. The van der Waals surface area contributed by atoms with Gasteiger partial charge in [-0.15, -0.1) is 0 Å². The molecule has 8 nitrogen and oxygen atoms in total. The van der Waals surface area contributed by atoms with E-state index in [1.165, 1.54) is 0 Å². The Morgan fingerprint density at radius 1 is 1.48 bits per heavy atom. The molecule has 0 aliphatic heterocycles. The molecule has 2 amide bonds. The summed E-state index contributed by atoms with van der Waals surface area (Å²) in [6, 6.07) is 1.76. The summed E-state index contributed by atoms with van der Waals surface area (Å²) in [5.41, 5.74) is 5.21. The molecule has 0 fully saturated rings. The normalized spacial score (nSPS) is 10.7. The highest BCUT2D eigenvalue weighted by molar-refractivity contribution is 5.97. The standard InChI is InChI=1S/C13H22N4O4/c1-3-21-13(19)17(7-5-14)10-11(9-15)12(18)16-6-4-8-20-2/h10H,3-8,14H2,1-2H3,(H,16,18)/b11-10-. The maximum atomic E-state index is 11.8. The van der Waals surface area contributed by atoms with Gasteiger partial charge in [-0.2, -0.15) is 5.26 Å². The molecule has 0 aliphatic carbocycles. The lowest BCUT2D eigenvalue weighted by atomic mass is 10.3. The Morgan fingerprint density at radius 3 is 2.71 bits per heavy atom. The van der Waals surface area contributed by atoms with Crippen LogP contribution in [0.2, 0.25) is 0 Å². The second kappa shape index (κ2) is 11.7. The number of carbonyl (C=O) groups excluding carboxylic acids is 2. The van der Waals surface area contributed by atoms with Gasteiger partial charge in [0.05, 0.1) is 6.61 Å². The van der Waals surface area contributed by atoms with Crippen molar-refractivity contribution in [2.75, 3.05) is 40.0 Å². The molecule has 0 bridgehead atoms. The van der Waals surface area contributed by atoms with E-state index >= 15 is 0 Å². The number of hydrogen-bond acceptors (Lipinski definition) is 6. The number of nitrogens with two attached hydrogens (primary N) is 1. The van der Waals surface area contributed by atoms with Gasteiger partial charge in [0.1, 0.15) is 11.6 Å². The van der Waals surface area contributed by atoms with Crippen molar-refractivity contribution in [1.82, 2.24) is 10.2 Å². The monoisotopic (exact) mass is 298 g/mol. The lowest BCUT2D eigenvalue weighted by Gasteiger charge is -2.17. The van der Waals surface area contributed by atoms with Gasteiger partial charge >= 0.3 is 6.09 Å². The molecule has 0 aromatic heterocycles. The Balaban J connectivity index is 4.73. The highest BCUT2D eigenvalue weighted by atomic mass is 16.6. The minimum atomic E-state index is -0.650. The van der Waals surface area contributed by atoms with Gasteiger partial charge in [0, 0.05) is 39.6 Å². The second-order valence-electron chi connectivity index (χ2n) is 3.94. The number of amides is 2. The van der Waals surface area contributed by atoms with Crippen LogP contribution < -0.4 is 11.1 Å². The van der Waals surface area contributed by atoms with Crippen LogP contribution in [0.25, 0.3) is 0 Å². The van der Waals surface area contributed by atoms with Gasteiger partial charge in [-0.1, -0.05) is 0 Å². The van der Waals surface area contributed by atoms with Crippen LogP contribution >= 0.6 is 0 Å². The highest BCUT2D eigenvalue weighted by Gasteiger charge is 2.16. The summed E-state index contributed by atoms with van der Waals surface area (Å²) in [6.45, 7) is 3.08. The van der Waals surface area contributed by atoms with Crippen molar-refractivity contribution in [1.29, 1.82) is 5.26 Å². The van der Waals surface area contributed by atoms with Crippen molar-refractivity contribution < 1.29 is 19.1 Å². The summed E-state index contributed by atoms with van der Waals surface area (Å²) in [5.74, 6) is -0.556. The third-order valence-corrected chi connectivity index (χ3v) is 2.33. The van der Waals surface area contributed by atoms with E-state index in [2.05, 4.69) is 5.32 Å². The first-order chi connectivity index (χ1) is 10.1. The molecular weight excluding hydrogens is 276 g/mol. The number of nitrogens with zero attached hydrogens (tertiary/aromatic N) is 2. The SMILES string of the molecule is CCOC(=O)N(/C=C(/C#N)C(=O)NCCCOC)CCN. The van der Waals surface area contributed by atoms with E-state index in [0.29, 0.717) is 19.6 Å². The van der Waals surface area contributed by atoms with Crippen molar-refractivity contribution in [3.8, 4) is 6.07 Å². The Kier molecular flexibility index (Phi) is 10.5. The number of methoxy groups -OCH3 is 1. The molecule has 0 aromatic rings. The lowest BCUT2D eigenvalue weighted by molar-refractivity contribution is -0.117. The maximum Gasteiger partial charge on any atom is 0.413 e.